The van der Waals surface area contributed by atoms with Crippen LogP contribution >= 0.6 is 0 Å². The molecule has 0 atom stereocenters. The number of aromatic nitrogens is 1. The Hall–Kier alpha value is -2.44. The van der Waals surface area contributed by atoms with Gasteiger partial charge in [-0.05, 0) is 49.6 Å². The van der Waals surface area contributed by atoms with Crippen molar-refractivity contribution in [3.63, 3.8) is 0 Å². The highest BCUT2D eigenvalue weighted by Crippen LogP contribution is 2.27. The number of benzene rings is 1. The molecule has 1 amide bonds. The van der Waals surface area contributed by atoms with Crippen molar-refractivity contribution in [2.75, 3.05) is 26.2 Å². The van der Waals surface area contributed by atoms with Crippen molar-refractivity contribution in [3.05, 3.63) is 59.4 Å². The maximum absolute atomic E-state index is 12.8. The molecule has 0 aliphatic carbocycles. The maximum atomic E-state index is 12.8. The van der Waals surface area contributed by atoms with Gasteiger partial charge >= 0.3 is 0 Å². The van der Waals surface area contributed by atoms with Gasteiger partial charge in [-0.25, -0.2) is 0 Å². The summed E-state index contributed by atoms with van der Waals surface area (Å²) in [6.07, 6.45) is 5.26. The van der Waals surface area contributed by atoms with E-state index in [9.17, 15) is 9.90 Å². The van der Waals surface area contributed by atoms with Gasteiger partial charge in [0, 0.05) is 45.1 Å². The van der Waals surface area contributed by atoms with Crippen molar-refractivity contribution in [2.24, 2.45) is 0 Å². The quantitative estimate of drug-likeness (QED) is 0.861. The van der Waals surface area contributed by atoms with E-state index >= 15 is 0 Å². The van der Waals surface area contributed by atoms with Crippen LogP contribution in [0, 0.1) is 6.92 Å². The van der Waals surface area contributed by atoms with E-state index in [0.717, 1.165) is 38.0 Å². The second kappa shape index (κ2) is 8.29. The van der Waals surface area contributed by atoms with Crippen molar-refractivity contribution in [1.82, 2.24) is 14.8 Å². The standard InChI is InChI=1S/C22H27N3O3/c1-16-2-3-21(20(12-16)22(27)25-14-18(26)15-25)28-19-6-10-24(11-7-19)13-17-4-8-23-9-5-17/h2-5,8-9,12,18-19,26H,6-7,10-11,13-15H2,1H3. The zero-order chi connectivity index (χ0) is 19.5. The van der Waals surface area contributed by atoms with E-state index in [0.29, 0.717) is 24.4 Å². The average molecular weight is 381 g/mol. The first-order valence-corrected chi connectivity index (χ1v) is 9.94. The smallest absolute Gasteiger partial charge is 0.257 e. The largest absolute Gasteiger partial charge is 0.489 e. The summed E-state index contributed by atoms with van der Waals surface area (Å²) in [6, 6.07) is 9.89. The molecule has 6 heteroatoms. The molecule has 0 bridgehead atoms. The van der Waals surface area contributed by atoms with Gasteiger partial charge in [-0.15, -0.1) is 0 Å². The number of hydrogen-bond acceptors (Lipinski definition) is 5. The van der Waals surface area contributed by atoms with Gasteiger partial charge in [0.25, 0.3) is 5.91 Å². The van der Waals surface area contributed by atoms with Gasteiger partial charge in [-0.2, -0.15) is 0 Å². The molecule has 6 nitrogen and oxygen atoms in total. The molecule has 0 unspecified atom stereocenters. The van der Waals surface area contributed by atoms with E-state index < -0.39 is 6.10 Å². The summed E-state index contributed by atoms with van der Waals surface area (Å²) < 4.78 is 6.26. The Kier molecular flexibility index (Phi) is 5.59. The van der Waals surface area contributed by atoms with Crippen LogP contribution in [0.5, 0.6) is 5.75 Å². The summed E-state index contributed by atoms with van der Waals surface area (Å²) in [5, 5.41) is 9.50. The number of ether oxygens (including phenoxy) is 1. The fourth-order valence-corrected chi connectivity index (χ4v) is 3.82. The Labute approximate surface area is 165 Å². The number of piperidine rings is 1. The van der Waals surface area contributed by atoms with E-state index in [1.54, 1.807) is 4.90 Å². The van der Waals surface area contributed by atoms with Crippen LogP contribution in [-0.4, -0.2) is 64.2 Å². The summed E-state index contributed by atoms with van der Waals surface area (Å²) in [6.45, 7) is 5.66. The first kappa shape index (κ1) is 18.9. The summed E-state index contributed by atoms with van der Waals surface area (Å²) >= 11 is 0. The molecule has 4 rings (SSSR count). The first-order chi connectivity index (χ1) is 13.6. The number of β-amino-alcohol motifs (C(OH)–C–C–N with tert-alkyl or cyclic N) is 1. The van der Waals surface area contributed by atoms with Crippen LogP contribution in [0.4, 0.5) is 0 Å². The number of pyridine rings is 1. The third kappa shape index (κ3) is 4.34. The lowest BCUT2D eigenvalue weighted by Gasteiger charge is -2.36. The number of aryl methyl sites for hydroxylation is 1. The van der Waals surface area contributed by atoms with E-state index in [1.807, 2.05) is 37.5 Å². The Bertz CT molecular complexity index is 813. The Morgan fingerprint density at radius 2 is 1.89 bits per heavy atom. The Balaban J connectivity index is 1.36. The molecule has 2 aromatic rings. The molecule has 1 aromatic heterocycles. The molecule has 2 fully saturated rings. The minimum Gasteiger partial charge on any atom is -0.489 e. The van der Waals surface area contributed by atoms with Crippen molar-refractivity contribution in [3.8, 4) is 5.75 Å². The molecule has 3 heterocycles. The van der Waals surface area contributed by atoms with Gasteiger partial charge in [-0.1, -0.05) is 11.6 Å². The zero-order valence-corrected chi connectivity index (χ0v) is 16.3. The van der Waals surface area contributed by atoms with Crippen LogP contribution in [-0.2, 0) is 6.54 Å². The fraction of sp³-hybridized carbons (Fsp3) is 0.455. The van der Waals surface area contributed by atoms with E-state index in [4.69, 9.17) is 4.74 Å². The minimum atomic E-state index is -0.400. The van der Waals surface area contributed by atoms with E-state index in [2.05, 4.69) is 22.0 Å². The molecule has 0 spiro atoms. The number of nitrogens with zero attached hydrogens (tertiary/aromatic N) is 3. The fourth-order valence-electron chi connectivity index (χ4n) is 3.82. The van der Waals surface area contributed by atoms with Crippen molar-refractivity contribution < 1.29 is 14.6 Å². The van der Waals surface area contributed by atoms with Gasteiger partial charge in [-0.3, -0.25) is 14.7 Å². The number of carbonyl (C=O) groups is 1. The maximum Gasteiger partial charge on any atom is 0.257 e. The van der Waals surface area contributed by atoms with E-state index in [-0.39, 0.29) is 12.0 Å². The lowest BCUT2D eigenvalue weighted by molar-refractivity contribution is 0.00538. The van der Waals surface area contributed by atoms with Gasteiger partial charge in [0.2, 0.25) is 0 Å². The number of hydrogen-bond donors (Lipinski definition) is 1. The van der Waals surface area contributed by atoms with Crippen LogP contribution < -0.4 is 4.74 Å². The number of likely N-dealkylation sites (tertiary alicyclic amines) is 2. The summed E-state index contributed by atoms with van der Waals surface area (Å²) in [4.78, 5) is 20.9. The molecule has 28 heavy (non-hydrogen) atoms. The Morgan fingerprint density at radius 3 is 2.57 bits per heavy atom. The Morgan fingerprint density at radius 1 is 1.18 bits per heavy atom. The molecular weight excluding hydrogens is 354 g/mol. The number of amides is 1. The molecular formula is C22H27N3O3. The molecule has 1 N–H and O–H groups in total. The van der Waals surface area contributed by atoms with Gasteiger partial charge < -0.3 is 14.7 Å². The van der Waals surface area contributed by atoms with E-state index in [1.165, 1.54) is 5.56 Å². The lowest BCUT2D eigenvalue weighted by Crippen LogP contribution is -2.53. The van der Waals surface area contributed by atoms with Crippen LogP contribution in [0.25, 0.3) is 0 Å². The molecule has 0 saturated carbocycles. The average Bonchev–Trinajstić information content (AvgIpc) is 2.69. The molecule has 0 radical (unpaired) electrons. The molecule has 148 valence electrons. The normalized spacial score (nSPS) is 18.7. The van der Waals surface area contributed by atoms with Crippen LogP contribution in [0.3, 0.4) is 0 Å². The van der Waals surface area contributed by atoms with Crippen molar-refractivity contribution >= 4 is 5.91 Å². The summed E-state index contributed by atoms with van der Waals surface area (Å²) in [5.41, 5.74) is 2.91. The highest BCUT2D eigenvalue weighted by Gasteiger charge is 2.31. The second-order valence-corrected chi connectivity index (χ2v) is 7.81. The summed E-state index contributed by atoms with van der Waals surface area (Å²) in [7, 11) is 0. The molecule has 1 aromatic carbocycles. The van der Waals surface area contributed by atoms with Crippen LogP contribution in [0.15, 0.2) is 42.7 Å². The predicted octanol–water partition coefficient (Wildman–Crippen LogP) is 2.25. The van der Waals surface area contributed by atoms with Crippen LogP contribution in [0.2, 0.25) is 0 Å². The summed E-state index contributed by atoms with van der Waals surface area (Å²) in [5.74, 6) is 0.601. The van der Waals surface area contributed by atoms with Gasteiger partial charge in [0.15, 0.2) is 0 Å². The number of rotatable bonds is 5. The highest BCUT2D eigenvalue weighted by atomic mass is 16.5. The van der Waals surface area contributed by atoms with Gasteiger partial charge in [0.1, 0.15) is 11.9 Å². The number of aliphatic hydroxyl groups is 1. The topological polar surface area (TPSA) is 65.9 Å². The number of carbonyl (C=O) groups excluding carboxylic acids is 1. The third-order valence-electron chi connectivity index (χ3n) is 5.50. The lowest BCUT2D eigenvalue weighted by atomic mass is 10.0. The monoisotopic (exact) mass is 381 g/mol. The van der Waals surface area contributed by atoms with Gasteiger partial charge in [0.05, 0.1) is 11.7 Å². The highest BCUT2D eigenvalue weighted by molar-refractivity contribution is 5.97. The first-order valence-electron chi connectivity index (χ1n) is 9.94. The zero-order valence-electron chi connectivity index (χ0n) is 16.3. The minimum absolute atomic E-state index is 0.0564. The van der Waals surface area contributed by atoms with Crippen LogP contribution in [0.1, 0.15) is 34.3 Å². The predicted molar refractivity (Wildman–Crippen MR) is 106 cm³/mol. The molecule has 2 saturated heterocycles. The van der Waals surface area contributed by atoms with Crippen molar-refractivity contribution in [1.29, 1.82) is 0 Å². The molecule has 2 aliphatic heterocycles. The number of aliphatic hydroxyl groups excluding tert-OH is 1. The molecule has 2 aliphatic rings. The van der Waals surface area contributed by atoms with Crippen molar-refractivity contribution in [2.45, 2.75) is 38.5 Å². The SMILES string of the molecule is Cc1ccc(OC2CCN(Cc3ccncc3)CC2)c(C(=O)N2CC(O)C2)c1. The third-order valence-corrected chi connectivity index (χ3v) is 5.50. The second-order valence-electron chi connectivity index (χ2n) is 7.81.